The van der Waals surface area contributed by atoms with Gasteiger partial charge in [-0.2, -0.15) is 0 Å². The van der Waals surface area contributed by atoms with Gasteiger partial charge in [0.1, 0.15) is 0 Å². The molecule has 0 aliphatic heterocycles. The van der Waals surface area contributed by atoms with Gasteiger partial charge in [0.25, 0.3) is 0 Å². The maximum absolute atomic E-state index is 6.18. The van der Waals surface area contributed by atoms with Crippen LogP contribution in [-0.4, -0.2) is 55.1 Å². The average molecular weight is 255 g/mol. The van der Waals surface area contributed by atoms with E-state index in [4.69, 9.17) is 5.73 Å². The number of nitrogens with two attached hydrogens (primary N) is 1. The van der Waals surface area contributed by atoms with E-state index in [1.165, 1.54) is 19.3 Å². The van der Waals surface area contributed by atoms with Gasteiger partial charge in [0.15, 0.2) is 0 Å². The lowest BCUT2D eigenvalue weighted by Crippen LogP contribution is -2.57. The van der Waals surface area contributed by atoms with Crippen molar-refractivity contribution >= 4 is 0 Å². The van der Waals surface area contributed by atoms with E-state index in [9.17, 15) is 0 Å². The minimum absolute atomic E-state index is 0.230. The third-order valence-corrected chi connectivity index (χ3v) is 4.57. The monoisotopic (exact) mass is 255 g/mol. The number of nitrogens with zero attached hydrogens (tertiary/aromatic N) is 2. The van der Waals surface area contributed by atoms with Crippen molar-refractivity contribution in [2.45, 2.75) is 58.5 Å². The summed E-state index contributed by atoms with van der Waals surface area (Å²) in [5.74, 6) is 0. The van der Waals surface area contributed by atoms with Crippen molar-refractivity contribution < 1.29 is 0 Å². The molecule has 18 heavy (non-hydrogen) atoms. The molecule has 0 amide bonds. The van der Waals surface area contributed by atoms with E-state index in [1.54, 1.807) is 0 Å². The molecule has 3 nitrogen and oxygen atoms in total. The van der Waals surface area contributed by atoms with Gasteiger partial charge >= 0.3 is 0 Å². The lowest BCUT2D eigenvalue weighted by Gasteiger charge is -2.45. The molecule has 0 bridgehead atoms. The first-order valence-electron chi connectivity index (χ1n) is 7.38. The summed E-state index contributed by atoms with van der Waals surface area (Å²) in [6, 6.07) is 0.572. The molecule has 1 rings (SSSR count). The van der Waals surface area contributed by atoms with Crippen molar-refractivity contribution in [3.05, 3.63) is 0 Å². The van der Waals surface area contributed by atoms with Crippen LogP contribution in [0.2, 0.25) is 0 Å². The third-order valence-electron chi connectivity index (χ3n) is 4.57. The summed E-state index contributed by atoms with van der Waals surface area (Å²) in [6.07, 6.45) is 3.79. The number of hydrogen-bond acceptors (Lipinski definition) is 3. The molecule has 0 heterocycles. The van der Waals surface area contributed by atoms with Crippen LogP contribution in [0, 0.1) is 5.41 Å². The molecular formula is C15H33N3. The fraction of sp³-hybridized carbons (Fsp3) is 1.00. The highest BCUT2D eigenvalue weighted by atomic mass is 15.3. The minimum Gasteiger partial charge on any atom is -0.329 e. The minimum atomic E-state index is 0.230. The quantitative estimate of drug-likeness (QED) is 0.789. The van der Waals surface area contributed by atoms with Gasteiger partial charge in [-0.3, -0.25) is 4.90 Å². The molecule has 2 unspecified atom stereocenters. The van der Waals surface area contributed by atoms with Gasteiger partial charge in [-0.25, -0.2) is 0 Å². The molecular weight excluding hydrogens is 222 g/mol. The molecule has 3 heteroatoms. The van der Waals surface area contributed by atoms with Crippen molar-refractivity contribution in [2.24, 2.45) is 11.1 Å². The maximum Gasteiger partial charge on any atom is 0.0340 e. The Bertz CT molecular complexity index is 262. The summed E-state index contributed by atoms with van der Waals surface area (Å²) < 4.78 is 0. The summed E-state index contributed by atoms with van der Waals surface area (Å²) in [7, 11) is 4.30. The Balaban J connectivity index is 2.84. The smallest absolute Gasteiger partial charge is 0.0340 e. The molecule has 1 saturated carbocycles. The molecule has 2 N–H and O–H groups in total. The van der Waals surface area contributed by atoms with Crippen molar-refractivity contribution in [3.63, 3.8) is 0 Å². The molecule has 2 atom stereocenters. The lowest BCUT2D eigenvalue weighted by atomic mass is 9.86. The predicted octanol–water partition coefficient (Wildman–Crippen LogP) is 2.17. The summed E-state index contributed by atoms with van der Waals surface area (Å²) in [5.41, 5.74) is 6.86. The molecule has 0 aromatic rings. The Morgan fingerprint density at radius 2 is 1.83 bits per heavy atom. The van der Waals surface area contributed by atoms with Crippen molar-refractivity contribution in [1.82, 2.24) is 9.80 Å². The van der Waals surface area contributed by atoms with E-state index in [0.717, 1.165) is 19.6 Å². The molecule has 1 aliphatic carbocycles. The molecule has 0 radical (unpaired) electrons. The van der Waals surface area contributed by atoms with Crippen LogP contribution in [0.3, 0.4) is 0 Å². The Morgan fingerprint density at radius 1 is 1.22 bits per heavy atom. The second-order valence-corrected chi connectivity index (χ2v) is 7.17. The summed E-state index contributed by atoms with van der Waals surface area (Å²) in [5, 5.41) is 0. The van der Waals surface area contributed by atoms with Gasteiger partial charge in [0.05, 0.1) is 0 Å². The number of rotatable bonds is 6. The first-order valence-corrected chi connectivity index (χ1v) is 7.38. The number of likely N-dealkylation sites (N-methyl/N-ethyl adjacent to an activating group) is 2. The SMILES string of the molecule is CCN(C(C)CN(C)C)C1(CN)CCC(C)(C)C1. The summed E-state index contributed by atoms with van der Waals surface area (Å²) in [6.45, 7) is 12.4. The van der Waals surface area contributed by atoms with Crippen LogP contribution in [0.1, 0.15) is 47.0 Å². The Kier molecular flexibility index (Phi) is 5.22. The topological polar surface area (TPSA) is 32.5 Å². The van der Waals surface area contributed by atoms with Gasteiger partial charge in [0, 0.05) is 24.7 Å². The number of hydrogen-bond donors (Lipinski definition) is 1. The van der Waals surface area contributed by atoms with Crippen molar-refractivity contribution in [2.75, 3.05) is 33.7 Å². The molecule has 0 aromatic heterocycles. The van der Waals surface area contributed by atoms with E-state index in [-0.39, 0.29) is 5.54 Å². The summed E-state index contributed by atoms with van der Waals surface area (Å²) >= 11 is 0. The van der Waals surface area contributed by atoms with Crippen LogP contribution >= 0.6 is 0 Å². The molecule has 108 valence electrons. The first kappa shape index (κ1) is 15.9. The fourth-order valence-corrected chi connectivity index (χ4v) is 3.92. The van der Waals surface area contributed by atoms with Crippen LogP contribution < -0.4 is 5.73 Å². The third kappa shape index (κ3) is 3.46. The van der Waals surface area contributed by atoms with E-state index < -0.39 is 0 Å². The van der Waals surface area contributed by atoms with Crippen molar-refractivity contribution in [3.8, 4) is 0 Å². The van der Waals surface area contributed by atoms with Gasteiger partial charge in [-0.05, 0) is 52.2 Å². The van der Waals surface area contributed by atoms with Gasteiger partial charge in [-0.15, -0.1) is 0 Å². The molecule has 0 saturated heterocycles. The highest BCUT2D eigenvalue weighted by Crippen LogP contribution is 2.46. The van der Waals surface area contributed by atoms with Crippen LogP contribution in [0.25, 0.3) is 0 Å². The Hall–Kier alpha value is -0.120. The molecule has 1 aliphatic rings. The Labute approximate surface area is 114 Å². The van der Waals surface area contributed by atoms with Crippen LogP contribution in [0.5, 0.6) is 0 Å². The lowest BCUT2D eigenvalue weighted by molar-refractivity contribution is 0.0453. The maximum atomic E-state index is 6.18. The largest absolute Gasteiger partial charge is 0.329 e. The second kappa shape index (κ2) is 5.89. The van der Waals surface area contributed by atoms with Gasteiger partial charge in [0.2, 0.25) is 0 Å². The average Bonchev–Trinajstić information content (AvgIpc) is 2.55. The van der Waals surface area contributed by atoms with Crippen LogP contribution in [0.15, 0.2) is 0 Å². The van der Waals surface area contributed by atoms with Crippen LogP contribution in [-0.2, 0) is 0 Å². The second-order valence-electron chi connectivity index (χ2n) is 7.17. The van der Waals surface area contributed by atoms with E-state index in [0.29, 0.717) is 11.5 Å². The first-order chi connectivity index (χ1) is 8.26. The predicted molar refractivity (Wildman–Crippen MR) is 79.8 cm³/mol. The normalized spacial score (nSPS) is 29.2. The van der Waals surface area contributed by atoms with E-state index in [1.807, 2.05) is 0 Å². The zero-order valence-corrected chi connectivity index (χ0v) is 13.3. The van der Waals surface area contributed by atoms with Gasteiger partial charge < -0.3 is 10.6 Å². The fourth-order valence-electron chi connectivity index (χ4n) is 3.92. The van der Waals surface area contributed by atoms with Crippen LogP contribution in [0.4, 0.5) is 0 Å². The highest BCUT2D eigenvalue weighted by Gasteiger charge is 2.46. The van der Waals surface area contributed by atoms with E-state index in [2.05, 4.69) is 51.6 Å². The zero-order chi connectivity index (χ0) is 14.0. The standard InChI is InChI=1S/C15H33N3/c1-7-18(13(2)10-17(5)6)15(12-16)9-8-14(3,4)11-15/h13H,7-12,16H2,1-6H3. The van der Waals surface area contributed by atoms with Gasteiger partial charge in [-0.1, -0.05) is 20.8 Å². The molecule has 0 aromatic carbocycles. The zero-order valence-electron chi connectivity index (χ0n) is 13.3. The molecule has 0 spiro atoms. The summed E-state index contributed by atoms with van der Waals surface area (Å²) in [4.78, 5) is 4.93. The highest BCUT2D eigenvalue weighted by molar-refractivity contribution is 5.03. The Morgan fingerprint density at radius 3 is 2.17 bits per heavy atom. The van der Waals surface area contributed by atoms with E-state index >= 15 is 0 Å². The van der Waals surface area contributed by atoms with Crippen molar-refractivity contribution in [1.29, 1.82) is 0 Å². The molecule has 1 fully saturated rings.